The van der Waals surface area contributed by atoms with Crippen LogP contribution in [0.25, 0.3) is 10.2 Å². The SMILES string of the molecule is CCCCCCSc1nc2ccc(OCCN(CC)CC)cc2s1. The minimum Gasteiger partial charge on any atom is -0.492 e. The monoisotopic (exact) mass is 366 g/mol. The Morgan fingerprint density at radius 3 is 2.71 bits per heavy atom. The number of fused-ring (bicyclic) bond motifs is 1. The highest BCUT2D eigenvalue weighted by molar-refractivity contribution is 8.01. The Balaban J connectivity index is 1.84. The van der Waals surface area contributed by atoms with E-state index in [1.807, 2.05) is 17.8 Å². The number of hydrogen-bond acceptors (Lipinski definition) is 5. The quantitative estimate of drug-likeness (QED) is 0.356. The van der Waals surface area contributed by atoms with Gasteiger partial charge in [-0.1, -0.05) is 51.8 Å². The molecule has 1 aromatic heterocycles. The molecule has 0 saturated heterocycles. The van der Waals surface area contributed by atoms with Crippen LogP contribution in [0.1, 0.15) is 46.5 Å². The number of thioether (sulfide) groups is 1. The van der Waals surface area contributed by atoms with E-state index in [-0.39, 0.29) is 0 Å². The zero-order chi connectivity index (χ0) is 17.2. The van der Waals surface area contributed by atoms with Crippen molar-refractivity contribution in [1.29, 1.82) is 0 Å². The molecule has 0 atom stereocenters. The summed E-state index contributed by atoms with van der Waals surface area (Å²) in [7, 11) is 0. The fourth-order valence-electron chi connectivity index (χ4n) is 2.56. The van der Waals surface area contributed by atoms with Crippen LogP contribution in [0, 0.1) is 0 Å². The first-order valence-corrected chi connectivity index (χ1v) is 11.0. The van der Waals surface area contributed by atoms with Gasteiger partial charge in [0.2, 0.25) is 0 Å². The molecule has 2 aromatic rings. The number of likely N-dealkylation sites (N-methyl/N-ethyl adjacent to an activating group) is 1. The van der Waals surface area contributed by atoms with Gasteiger partial charge in [-0.3, -0.25) is 0 Å². The average molecular weight is 367 g/mol. The van der Waals surface area contributed by atoms with E-state index < -0.39 is 0 Å². The summed E-state index contributed by atoms with van der Waals surface area (Å²) in [4.78, 5) is 7.10. The second kappa shape index (κ2) is 11.0. The van der Waals surface area contributed by atoms with Crippen LogP contribution in [0.4, 0.5) is 0 Å². The molecule has 0 spiro atoms. The summed E-state index contributed by atoms with van der Waals surface area (Å²) in [5.41, 5.74) is 1.09. The van der Waals surface area contributed by atoms with E-state index in [2.05, 4.69) is 37.8 Å². The summed E-state index contributed by atoms with van der Waals surface area (Å²) in [5.74, 6) is 2.13. The van der Waals surface area contributed by atoms with Gasteiger partial charge in [0.1, 0.15) is 12.4 Å². The Labute approximate surface area is 154 Å². The Kier molecular flexibility index (Phi) is 8.92. The Hall–Kier alpha value is -0.780. The topological polar surface area (TPSA) is 25.4 Å². The summed E-state index contributed by atoms with van der Waals surface area (Å²) in [6, 6.07) is 6.26. The second-order valence-corrected chi connectivity index (χ2v) is 8.27. The van der Waals surface area contributed by atoms with E-state index in [1.54, 1.807) is 11.3 Å². The van der Waals surface area contributed by atoms with E-state index >= 15 is 0 Å². The molecule has 0 radical (unpaired) electrons. The predicted molar refractivity (Wildman–Crippen MR) is 108 cm³/mol. The highest BCUT2D eigenvalue weighted by Gasteiger charge is 2.06. The maximum atomic E-state index is 5.91. The predicted octanol–water partition coefficient (Wildman–Crippen LogP) is 5.69. The van der Waals surface area contributed by atoms with Crippen molar-refractivity contribution < 1.29 is 4.74 Å². The highest BCUT2D eigenvalue weighted by atomic mass is 32.2. The Bertz CT molecular complexity index is 596. The van der Waals surface area contributed by atoms with Crippen molar-refractivity contribution in [2.75, 3.05) is 32.0 Å². The lowest BCUT2D eigenvalue weighted by molar-refractivity contribution is 0.223. The number of unbranched alkanes of at least 4 members (excludes halogenated alkanes) is 3. The number of ether oxygens (including phenoxy) is 1. The summed E-state index contributed by atoms with van der Waals surface area (Å²) in [5, 5.41) is 0. The molecule has 0 amide bonds. The molecule has 134 valence electrons. The number of hydrogen-bond donors (Lipinski definition) is 0. The minimum atomic E-state index is 0.741. The largest absolute Gasteiger partial charge is 0.492 e. The van der Waals surface area contributed by atoms with E-state index in [0.29, 0.717) is 0 Å². The fourth-order valence-corrected chi connectivity index (χ4v) is 4.72. The first-order chi connectivity index (χ1) is 11.8. The lowest BCUT2D eigenvalue weighted by Crippen LogP contribution is -2.27. The van der Waals surface area contributed by atoms with Crippen LogP contribution in [0.2, 0.25) is 0 Å². The first kappa shape index (κ1) is 19.5. The van der Waals surface area contributed by atoms with E-state index in [0.717, 1.165) is 37.5 Å². The Morgan fingerprint density at radius 1 is 1.12 bits per heavy atom. The van der Waals surface area contributed by atoms with Crippen molar-refractivity contribution in [2.45, 2.75) is 50.8 Å². The van der Waals surface area contributed by atoms with Crippen LogP contribution in [0.3, 0.4) is 0 Å². The van der Waals surface area contributed by atoms with Gasteiger partial charge in [-0.05, 0) is 37.7 Å². The summed E-state index contributed by atoms with van der Waals surface area (Å²) in [6.45, 7) is 10.5. The molecule has 3 nitrogen and oxygen atoms in total. The molecule has 0 unspecified atom stereocenters. The van der Waals surface area contributed by atoms with Gasteiger partial charge in [-0.2, -0.15) is 0 Å². The van der Waals surface area contributed by atoms with Gasteiger partial charge < -0.3 is 9.64 Å². The van der Waals surface area contributed by atoms with Crippen LogP contribution in [0.15, 0.2) is 22.5 Å². The van der Waals surface area contributed by atoms with Gasteiger partial charge in [0, 0.05) is 12.3 Å². The zero-order valence-corrected chi connectivity index (χ0v) is 16.8. The molecule has 0 N–H and O–H groups in total. The van der Waals surface area contributed by atoms with Crippen molar-refractivity contribution in [3.05, 3.63) is 18.2 Å². The molecule has 0 bridgehead atoms. The zero-order valence-electron chi connectivity index (χ0n) is 15.2. The van der Waals surface area contributed by atoms with Crippen LogP contribution < -0.4 is 4.74 Å². The third kappa shape index (κ3) is 6.26. The van der Waals surface area contributed by atoms with E-state index in [4.69, 9.17) is 9.72 Å². The number of benzene rings is 1. The summed E-state index contributed by atoms with van der Waals surface area (Å²) in [6.07, 6.45) is 5.25. The molecule has 0 fully saturated rings. The molecule has 5 heteroatoms. The molecule has 0 aliphatic carbocycles. The molecule has 0 aliphatic heterocycles. The number of aromatic nitrogens is 1. The maximum absolute atomic E-state index is 5.91. The third-order valence-corrected chi connectivity index (χ3v) is 6.38. The molecule has 2 rings (SSSR count). The van der Waals surface area contributed by atoms with Crippen molar-refractivity contribution in [2.24, 2.45) is 0 Å². The number of thiazole rings is 1. The van der Waals surface area contributed by atoms with Crippen LogP contribution in [-0.4, -0.2) is 41.9 Å². The fraction of sp³-hybridized carbons (Fsp3) is 0.632. The molecule has 24 heavy (non-hydrogen) atoms. The Morgan fingerprint density at radius 2 is 1.96 bits per heavy atom. The number of rotatable bonds is 12. The van der Waals surface area contributed by atoms with E-state index in [1.165, 1.54) is 40.5 Å². The standard InChI is InChI=1S/C19H30N2OS2/c1-4-7-8-9-14-23-19-20-17-11-10-16(15-18(17)24-19)22-13-12-21(5-2)6-3/h10-11,15H,4-9,12-14H2,1-3H3. The van der Waals surface area contributed by atoms with Gasteiger partial charge in [-0.15, -0.1) is 11.3 Å². The number of nitrogens with zero attached hydrogens (tertiary/aromatic N) is 2. The van der Waals surface area contributed by atoms with Crippen molar-refractivity contribution in [3.8, 4) is 5.75 Å². The van der Waals surface area contributed by atoms with E-state index in [9.17, 15) is 0 Å². The molecular weight excluding hydrogens is 336 g/mol. The maximum Gasteiger partial charge on any atom is 0.151 e. The van der Waals surface area contributed by atoms with Crippen molar-refractivity contribution in [3.63, 3.8) is 0 Å². The third-order valence-electron chi connectivity index (χ3n) is 4.13. The molecule has 1 heterocycles. The molecule has 0 saturated carbocycles. The lowest BCUT2D eigenvalue weighted by atomic mass is 10.2. The molecule has 1 aromatic carbocycles. The summed E-state index contributed by atoms with van der Waals surface area (Å²) < 4.78 is 8.32. The minimum absolute atomic E-state index is 0.741. The first-order valence-electron chi connectivity index (χ1n) is 9.15. The van der Waals surface area contributed by atoms with Gasteiger partial charge in [0.05, 0.1) is 10.2 Å². The van der Waals surface area contributed by atoms with Gasteiger partial charge in [-0.25, -0.2) is 4.98 Å². The van der Waals surface area contributed by atoms with Crippen LogP contribution >= 0.6 is 23.1 Å². The van der Waals surface area contributed by atoms with Crippen LogP contribution in [-0.2, 0) is 0 Å². The van der Waals surface area contributed by atoms with Gasteiger partial charge >= 0.3 is 0 Å². The highest BCUT2D eigenvalue weighted by Crippen LogP contribution is 2.32. The molecule has 0 aliphatic rings. The van der Waals surface area contributed by atoms with Gasteiger partial charge in [0.25, 0.3) is 0 Å². The lowest BCUT2D eigenvalue weighted by Gasteiger charge is -2.17. The van der Waals surface area contributed by atoms with Crippen molar-refractivity contribution >= 4 is 33.3 Å². The normalized spacial score (nSPS) is 11.5. The average Bonchev–Trinajstić information content (AvgIpc) is 3.00. The van der Waals surface area contributed by atoms with Gasteiger partial charge in [0.15, 0.2) is 4.34 Å². The van der Waals surface area contributed by atoms with Crippen molar-refractivity contribution in [1.82, 2.24) is 9.88 Å². The smallest absolute Gasteiger partial charge is 0.151 e. The molecular formula is C19H30N2OS2. The van der Waals surface area contributed by atoms with Crippen LogP contribution in [0.5, 0.6) is 5.75 Å². The summed E-state index contributed by atoms with van der Waals surface area (Å²) >= 11 is 3.68. The second-order valence-electron chi connectivity index (χ2n) is 5.89.